The fourth-order valence-corrected chi connectivity index (χ4v) is 5.90. The van der Waals surface area contributed by atoms with E-state index >= 15 is 0 Å². The molecule has 0 unspecified atom stereocenters. The van der Waals surface area contributed by atoms with Crippen molar-refractivity contribution < 1.29 is 14.1 Å². The van der Waals surface area contributed by atoms with Crippen molar-refractivity contribution in [2.45, 2.75) is 111 Å². The molecule has 1 amide bonds. The average Bonchev–Trinajstić information content (AvgIpc) is 3.35. The van der Waals surface area contributed by atoms with Crippen LogP contribution in [0.2, 0.25) is 5.02 Å². The molecular weight excluding hydrogens is 536 g/mol. The van der Waals surface area contributed by atoms with E-state index in [1.54, 1.807) is 23.2 Å². The van der Waals surface area contributed by atoms with Crippen LogP contribution in [0.15, 0.2) is 54.2 Å². The molecule has 0 saturated carbocycles. The van der Waals surface area contributed by atoms with Crippen LogP contribution in [0.5, 0.6) is 5.75 Å². The van der Waals surface area contributed by atoms with Gasteiger partial charge in [-0.2, -0.15) is 4.57 Å². The largest absolute Gasteiger partial charge is 0.492 e. The molecule has 4 nitrogen and oxygen atoms in total. The molecule has 6 heteroatoms. The van der Waals surface area contributed by atoms with Gasteiger partial charge in [0.1, 0.15) is 5.75 Å². The number of ether oxygens (including phenoxy) is 1. The lowest BCUT2D eigenvalue weighted by atomic mass is 10.1. The van der Waals surface area contributed by atoms with Gasteiger partial charge in [0, 0.05) is 18.2 Å². The number of halogens is 1. The minimum absolute atomic E-state index is 0.000367. The first-order valence-corrected chi connectivity index (χ1v) is 16.4. The number of benzene rings is 2. The van der Waals surface area contributed by atoms with E-state index in [1.807, 2.05) is 30.3 Å². The van der Waals surface area contributed by atoms with Gasteiger partial charge in [-0.05, 0) is 43.2 Å². The highest BCUT2D eigenvalue weighted by Gasteiger charge is 2.15. The van der Waals surface area contributed by atoms with Crippen molar-refractivity contribution in [3.63, 3.8) is 0 Å². The lowest BCUT2D eigenvalue weighted by Crippen LogP contribution is -2.31. The maximum Gasteiger partial charge on any atom is 0.225 e. The van der Waals surface area contributed by atoms with Crippen LogP contribution in [0, 0.1) is 6.92 Å². The van der Waals surface area contributed by atoms with Crippen molar-refractivity contribution in [3.8, 4) is 5.75 Å². The zero-order chi connectivity index (χ0) is 28.6. The third kappa shape index (κ3) is 11.6. The van der Waals surface area contributed by atoms with E-state index in [9.17, 15) is 4.79 Å². The van der Waals surface area contributed by atoms with Gasteiger partial charge in [0.05, 0.1) is 23.1 Å². The molecule has 0 aliphatic heterocycles. The third-order valence-corrected chi connectivity index (χ3v) is 8.43. The number of carbonyl (C=O) groups is 1. The van der Waals surface area contributed by atoms with Crippen molar-refractivity contribution in [1.29, 1.82) is 0 Å². The molecule has 0 spiro atoms. The zero-order valence-corrected chi connectivity index (χ0v) is 26.4. The molecule has 0 radical (unpaired) electrons. The highest BCUT2D eigenvalue weighted by molar-refractivity contribution is 7.09. The number of thiazole rings is 1. The van der Waals surface area contributed by atoms with Crippen molar-refractivity contribution in [3.05, 3.63) is 75.2 Å². The van der Waals surface area contributed by atoms with Crippen LogP contribution < -0.4 is 14.2 Å². The Hall–Kier alpha value is -2.37. The molecule has 0 N–H and O–H groups in total. The molecule has 3 aromatic rings. The Morgan fingerprint density at radius 2 is 1.57 bits per heavy atom. The van der Waals surface area contributed by atoms with Gasteiger partial charge >= 0.3 is 0 Å². The van der Waals surface area contributed by atoms with E-state index in [1.165, 1.54) is 75.5 Å². The van der Waals surface area contributed by atoms with Gasteiger partial charge in [0.2, 0.25) is 11.4 Å². The molecule has 0 bridgehead atoms. The molecule has 0 atom stereocenters. The molecule has 1 heterocycles. The molecule has 0 aliphatic rings. The first kappa shape index (κ1) is 32.1. The lowest BCUT2D eigenvalue weighted by Gasteiger charge is -2.22. The molecule has 3 rings (SSSR count). The summed E-state index contributed by atoms with van der Waals surface area (Å²) >= 11 is 8.31. The van der Waals surface area contributed by atoms with E-state index in [4.69, 9.17) is 16.3 Å². The molecule has 218 valence electrons. The van der Waals surface area contributed by atoms with Crippen LogP contribution in [0.1, 0.15) is 107 Å². The van der Waals surface area contributed by atoms with Gasteiger partial charge in [-0.25, -0.2) is 0 Å². The van der Waals surface area contributed by atoms with Crippen molar-refractivity contribution in [2.75, 3.05) is 11.5 Å². The molecular formula is C34H48ClN2O2S+. The van der Waals surface area contributed by atoms with Gasteiger partial charge in [0.15, 0.2) is 12.7 Å². The van der Waals surface area contributed by atoms with Gasteiger partial charge < -0.3 is 9.64 Å². The number of nitrogens with zero attached hydrogens (tertiary/aromatic N) is 2. The van der Waals surface area contributed by atoms with Gasteiger partial charge in [-0.3, -0.25) is 4.79 Å². The second kappa shape index (κ2) is 18.1. The molecule has 0 aliphatic carbocycles. The fraction of sp³-hybridized carbons (Fsp3) is 0.529. The first-order valence-electron chi connectivity index (χ1n) is 15.2. The topological polar surface area (TPSA) is 33.4 Å². The van der Waals surface area contributed by atoms with Crippen LogP contribution in [-0.4, -0.2) is 12.5 Å². The summed E-state index contributed by atoms with van der Waals surface area (Å²) in [5.74, 6) is 0.715. The number of amides is 1. The predicted molar refractivity (Wildman–Crippen MR) is 170 cm³/mol. The second-order valence-electron chi connectivity index (χ2n) is 10.9. The Kier molecular flexibility index (Phi) is 14.6. The summed E-state index contributed by atoms with van der Waals surface area (Å²) in [7, 11) is 0. The number of anilines is 1. The SMILES string of the molecule is CCCCCCCCCCCCCCOc1ccc(CN(C(C)=O)c2cccc(C[n+]3csc(C)c3)c2)cc1Cl. The normalized spacial score (nSPS) is 11.1. The molecule has 0 saturated heterocycles. The Balaban J connectivity index is 1.40. The summed E-state index contributed by atoms with van der Waals surface area (Å²) in [5, 5.41) is 0.595. The summed E-state index contributed by atoms with van der Waals surface area (Å²) in [6.07, 6.45) is 18.1. The Morgan fingerprint density at radius 3 is 2.17 bits per heavy atom. The highest BCUT2D eigenvalue weighted by atomic mass is 35.5. The summed E-state index contributed by atoms with van der Waals surface area (Å²) < 4.78 is 8.15. The van der Waals surface area contributed by atoms with Crippen molar-refractivity contribution >= 4 is 34.5 Å². The van der Waals surface area contributed by atoms with Crippen LogP contribution in [-0.2, 0) is 17.9 Å². The van der Waals surface area contributed by atoms with Crippen molar-refractivity contribution in [2.24, 2.45) is 0 Å². The van der Waals surface area contributed by atoms with Gasteiger partial charge in [0.25, 0.3) is 0 Å². The van der Waals surface area contributed by atoms with Gasteiger partial charge in [-0.15, -0.1) is 0 Å². The number of aromatic nitrogens is 1. The third-order valence-electron chi connectivity index (χ3n) is 7.28. The number of hydrogen-bond acceptors (Lipinski definition) is 3. The second-order valence-corrected chi connectivity index (χ2v) is 12.4. The van der Waals surface area contributed by atoms with Crippen LogP contribution >= 0.6 is 22.9 Å². The first-order chi connectivity index (χ1) is 19.5. The maximum atomic E-state index is 12.6. The minimum atomic E-state index is -0.000367. The quantitative estimate of drug-likeness (QED) is 0.104. The lowest BCUT2D eigenvalue weighted by molar-refractivity contribution is -0.683. The van der Waals surface area contributed by atoms with E-state index in [0.29, 0.717) is 23.9 Å². The van der Waals surface area contributed by atoms with Crippen LogP contribution in [0.3, 0.4) is 0 Å². The van der Waals surface area contributed by atoms with E-state index in [0.717, 1.165) is 29.8 Å². The molecule has 40 heavy (non-hydrogen) atoms. The monoisotopic (exact) mass is 583 g/mol. The fourth-order valence-electron chi connectivity index (χ4n) is 5.01. The van der Waals surface area contributed by atoms with Crippen LogP contribution in [0.4, 0.5) is 5.69 Å². The molecule has 0 fully saturated rings. The Morgan fingerprint density at radius 1 is 0.900 bits per heavy atom. The highest BCUT2D eigenvalue weighted by Crippen LogP contribution is 2.28. The van der Waals surface area contributed by atoms with Crippen LogP contribution in [0.25, 0.3) is 0 Å². The maximum absolute atomic E-state index is 12.6. The zero-order valence-electron chi connectivity index (χ0n) is 24.8. The summed E-state index contributed by atoms with van der Waals surface area (Å²) in [6, 6.07) is 14.1. The smallest absolute Gasteiger partial charge is 0.225 e. The number of rotatable bonds is 19. The van der Waals surface area contributed by atoms with E-state index in [-0.39, 0.29) is 5.91 Å². The number of hydrogen-bond donors (Lipinski definition) is 0. The summed E-state index contributed by atoms with van der Waals surface area (Å²) in [6.45, 7) is 7.91. The number of aryl methyl sites for hydroxylation is 1. The Labute approximate surface area is 251 Å². The van der Waals surface area contributed by atoms with Gasteiger partial charge in [-0.1, -0.05) is 119 Å². The Bertz CT molecular complexity index is 1160. The number of unbranched alkanes of at least 4 members (excludes halogenated alkanes) is 11. The standard InChI is InChI=1S/C34H48ClN2O2S/c1-4-5-6-7-8-9-10-11-12-13-14-15-21-39-34-20-19-31(23-33(34)35)26-37(29(3)38)32-18-16-17-30(22-32)25-36-24-28(2)40-27-36/h16-20,22-24,27H,4-15,21,25-26H2,1-3H3/q+1. The molecule has 1 aromatic heterocycles. The van der Waals surface area contributed by atoms with Crippen molar-refractivity contribution in [1.82, 2.24) is 0 Å². The van der Waals surface area contributed by atoms with E-state index < -0.39 is 0 Å². The number of carbonyl (C=O) groups excluding carboxylic acids is 1. The summed E-state index contributed by atoms with van der Waals surface area (Å²) in [5.41, 5.74) is 5.15. The predicted octanol–water partition coefficient (Wildman–Crippen LogP) is 9.68. The minimum Gasteiger partial charge on any atom is -0.492 e. The van der Waals surface area contributed by atoms with E-state index in [2.05, 4.69) is 42.3 Å². The molecule has 2 aromatic carbocycles. The summed E-state index contributed by atoms with van der Waals surface area (Å²) in [4.78, 5) is 15.7. The average molecular weight is 584 g/mol.